The van der Waals surface area contributed by atoms with Crippen LogP contribution in [0.3, 0.4) is 0 Å². The van der Waals surface area contributed by atoms with Crippen molar-refractivity contribution < 1.29 is 9.18 Å². The van der Waals surface area contributed by atoms with Gasteiger partial charge in [-0.2, -0.15) is 0 Å². The summed E-state index contributed by atoms with van der Waals surface area (Å²) in [6.45, 7) is 1.80. The highest BCUT2D eigenvalue weighted by Gasteiger charge is 2.11. The molecule has 0 unspecified atom stereocenters. The first-order chi connectivity index (χ1) is 7.04. The van der Waals surface area contributed by atoms with Crippen LogP contribution in [-0.2, 0) is 4.79 Å². The number of benzene rings is 1. The fraction of sp³-hybridized carbons (Fsp3) is 0.300. The first-order valence-electron chi connectivity index (χ1n) is 4.56. The Morgan fingerprint density at radius 2 is 2.33 bits per heavy atom. The minimum atomic E-state index is -0.580. The zero-order chi connectivity index (χ0) is 11.4. The fourth-order valence-electron chi connectivity index (χ4n) is 0.994. The van der Waals surface area contributed by atoms with Gasteiger partial charge in [-0.05, 0) is 24.6 Å². The predicted molar refractivity (Wildman–Crippen MR) is 58.3 cm³/mol. The van der Waals surface area contributed by atoms with Crippen molar-refractivity contribution in [2.75, 3.05) is 5.32 Å². The van der Waals surface area contributed by atoms with E-state index in [9.17, 15) is 9.18 Å². The van der Waals surface area contributed by atoms with E-state index in [4.69, 9.17) is 17.3 Å². The SMILES string of the molecule is CC[C@H](N)C(=O)Nc1ccc(Cl)c(F)c1. The van der Waals surface area contributed by atoms with E-state index in [1.807, 2.05) is 0 Å². The zero-order valence-corrected chi connectivity index (χ0v) is 9.01. The third-order valence-electron chi connectivity index (χ3n) is 1.96. The lowest BCUT2D eigenvalue weighted by atomic mass is 10.2. The molecule has 1 rings (SSSR count). The van der Waals surface area contributed by atoms with Crippen LogP contribution in [0.15, 0.2) is 18.2 Å². The van der Waals surface area contributed by atoms with Crippen LogP contribution in [0.2, 0.25) is 5.02 Å². The van der Waals surface area contributed by atoms with Gasteiger partial charge in [0.1, 0.15) is 5.82 Å². The van der Waals surface area contributed by atoms with Gasteiger partial charge in [0.15, 0.2) is 0 Å². The van der Waals surface area contributed by atoms with Crippen LogP contribution in [0.5, 0.6) is 0 Å². The van der Waals surface area contributed by atoms with Gasteiger partial charge in [-0.3, -0.25) is 4.79 Å². The van der Waals surface area contributed by atoms with E-state index in [1.54, 1.807) is 6.92 Å². The van der Waals surface area contributed by atoms with Crippen LogP contribution in [0.25, 0.3) is 0 Å². The molecule has 0 saturated carbocycles. The third-order valence-corrected chi connectivity index (χ3v) is 2.27. The molecule has 0 aliphatic carbocycles. The summed E-state index contributed by atoms with van der Waals surface area (Å²) in [5.74, 6) is -0.904. The lowest BCUT2D eigenvalue weighted by Crippen LogP contribution is -2.34. The maximum atomic E-state index is 13.0. The summed E-state index contributed by atoms with van der Waals surface area (Å²) in [4.78, 5) is 11.3. The summed E-state index contributed by atoms with van der Waals surface area (Å²) < 4.78 is 13.0. The minimum Gasteiger partial charge on any atom is -0.325 e. The van der Waals surface area contributed by atoms with Crippen LogP contribution in [-0.4, -0.2) is 11.9 Å². The Kier molecular flexibility index (Phi) is 4.05. The number of carbonyl (C=O) groups is 1. The monoisotopic (exact) mass is 230 g/mol. The lowest BCUT2D eigenvalue weighted by Gasteiger charge is -2.10. The molecule has 3 N–H and O–H groups in total. The second-order valence-electron chi connectivity index (χ2n) is 3.13. The number of halogens is 2. The number of amides is 1. The molecule has 82 valence electrons. The van der Waals surface area contributed by atoms with E-state index in [2.05, 4.69) is 5.32 Å². The molecule has 5 heteroatoms. The van der Waals surface area contributed by atoms with Crippen LogP contribution < -0.4 is 11.1 Å². The molecule has 3 nitrogen and oxygen atoms in total. The number of nitrogens with two attached hydrogens (primary N) is 1. The zero-order valence-electron chi connectivity index (χ0n) is 8.26. The molecule has 0 fully saturated rings. The first-order valence-corrected chi connectivity index (χ1v) is 4.94. The molecule has 1 amide bonds. The molecule has 15 heavy (non-hydrogen) atoms. The summed E-state index contributed by atoms with van der Waals surface area (Å²) in [6.07, 6.45) is 0.530. The molecule has 0 spiro atoms. The van der Waals surface area contributed by atoms with Crippen LogP contribution in [0, 0.1) is 5.82 Å². The fourth-order valence-corrected chi connectivity index (χ4v) is 1.11. The Hall–Kier alpha value is -1.13. The van der Waals surface area contributed by atoms with Crippen molar-refractivity contribution in [1.82, 2.24) is 0 Å². The quantitative estimate of drug-likeness (QED) is 0.836. The van der Waals surface area contributed by atoms with E-state index in [0.29, 0.717) is 12.1 Å². The van der Waals surface area contributed by atoms with Crippen molar-refractivity contribution in [3.63, 3.8) is 0 Å². The largest absolute Gasteiger partial charge is 0.325 e. The molecular formula is C10H12ClFN2O. The molecule has 1 aromatic rings. The van der Waals surface area contributed by atoms with Gasteiger partial charge in [0.25, 0.3) is 0 Å². The average molecular weight is 231 g/mol. The Balaban J connectivity index is 2.73. The Morgan fingerprint density at radius 3 is 2.87 bits per heavy atom. The standard InChI is InChI=1S/C10H12ClFN2O/c1-2-9(13)10(15)14-6-3-4-7(11)8(12)5-6/h3-5,9H,2,13H2,1H3,(H,14,15)/t9-/m0/s1. The molecule has 0 radical (unpaired) electrons. The van der Waals surface area contributed by atoms with Gasteiger partial charge in [0, 0.05) is 5.69 Å². The Bertz CT molecular complexity index is 370. The molecule has 0 heterocycles. The minimum absolute atomic E-state index is 0.0211. The van der Waals surface area contributed by atoms with Gasteiger partial charge < -0.3 is 11.1 Å². The smallest absolute Gasteiger partial charge is 0.241 e. The van der Waals surface area contributed by atoms with Crippen molar-refractivity contribution in [1.29, 1.82) is 0 Å². The van der Waals surface area contributed by atoms with Gasteiger partial charge in [-0.15, -0.1) is 0 Å². The molecular weight excluding hydrogens is 219 g/mol. The molecule has 1 aromatic carbocycles. The van der Waals surface area contributed by atoms with Gasteiger partial charge in [0.05, 0.1) is 11.1 Å². The van der Waals surface area contributed by atoms with E-state index in [-0.39, 0.29) is 10.9 Å². The van der Waals surface area contributed by atoms with Crippen molar-refractivity contribution in [3.05, 3.63) is 29.0 Å². The summed E-state index contributed by atoms with van der Waals surface area (Å²) in [6, 6.07) is 3.47. The van der Waals surface area contributed by atoms with E-state index in [0.717, 1.165) is 6.07 Å². The molecule has 0 saturated heterocycles. The number of rotatable bonds is 3. The van der Waals surface area contributed by atoms with E-state index >= 15 is 0 Å². The maximum Gasteiger partial charge on any atom is 0.241 e. The first kappa shape index (κ1) is 11.9. The second kappa shape index (κ2) is 5.09. The summed E-state index contributed by atoms with van der Waals surface area (Å²) >= 11 is 5.49. The van der Waals surface area contributed by atoms with Crippen molar-refractivity contribution in [3.8, 4) is 0 Å². The Morgan fingerprint density at radius 1 is 1.67 bits per heavy atom. The summed E-state index contributed by atoms with van der Waals surface area (Å²) in [7, 11) is 0. The van der Waals surface area contributed by atoms with Gasteiger partial charge in [0.2, 0.25) is 5.91 Å². The highest BCUT2D eigenvalue weighted by molar-refractivity contribution is 6.30. The van der Waals surface area contributed by atoms with E-state index < -0.39 is 11.9 Å². The number of nitrogens with one attached hydrogen (secondary N) is 1. The van der Waals surface area contributed by atoms with Crippen LogP contribution in [0.1, 0.15) is 13.3 Å². The second-order valence-corrected chi connectivity index (χ2v) is 3.54. The van der Waals surface area contributed by atoms with Gasteiger partial charge in [-0.25, -0.2) is 4.39 Å². The van der Waals surface area contributed by atoms with Crippen molar-refractivity contribution in [2.24, 2.45) is 5.73 Å². The Labute approximate surface area is 92.4 Å². The number of anilines is 1. The maximum absolute atomic E-state index is 13.0. The van der Waals surface area contributed by atoms with Gasteiger partial charge >= 0.3 is 0 Å². The predicted octanol–water partition coefficient (Wildman–Crippen LogP) is 2.15. The molecule has 0 aliphatic heterocycles. The molecule has 1 atom stereocenters. The number of hydrogen-bond acceptors (Lipinski definition) is 2. The van der Waals surface area contributed by atoms with Crippen molar-refractivity contribution >= 4 is 23.2 Å². The summed E-state index contributed by atoms with van der Waals surface area (Å²) in [5.41, 5.74) is 5.85. The van der Waals surface area contributed by atoms with Crippen LogP contribution >= 0.6 is 11.6 Å². The highest BCUT2D eigenvalue weighted by Crippen LogP contribution is 2.18. The lowest BCUT2D eigenvalue weighted by molar-refractivity contribution is -0.117. The van der Waals surface area contributed by atoms with Crippen LogP contribution in [0.4, 0.5) is 10.1 Å². The molecule has 0 aromatic heterocycles. The highest BCUT2D eigenvalue weighted by atomic mass is 35.5. The number of carbonyl (C=O) groups excluding carboxylic acids is 1. The topological polar surface area (TPSA) is 55.1 Å². The molecule has 0 bridgehead atoms. The average Bonchev–Trinajstić information content (AvgIpc) is 2.22. The third kappa shape index (κ3) is 3.18. The summed E-state index contributed by atoms with van der Waals surface area (Å²) in [5, 5.41) is 2.52. The normalized spacial score (nSPS) is 12.3. The van der Waals surface area contributed by atoms with Crippen molar-refractivity contribution in [2.45, 2.75) is 19.4 Å². The number of hydrogen-bond donors (Lipinski definition) is 2. The van der Waals surface area contributed by atoms with Gasteiger partial charge in [-0.1, -0.05) is 18.5 Å². The van der Waals surface area contributed by atoms with E-state index in [1.165, 1.54) is 12.1 Å². The molecule has 0 aliphatic rings.